The van der Waals surface area contributed by atoms with Gasteiger partial charge in [0.15, 0.2) is 0 Å². The summed E-state index contributed by atoms with van der Waals surface area (Å²) in [5.41, 5.74) is 0. The molecule has 1 rings (SSSR count). The summed E-state index contributed by atoms with van der Waals surface area (Å²) in [6.45, 7) is 2.23. The van der Waals surface area contributed by atoms with Gasteiger partial charge in [0.1, 0.15) is 0 Å². The van der Waals surface area contributed by atoms with Gasteiger partial charge in [-0.15, -0.1) is 0 Å². The first-order valence-electron chi connectivity index (χ1n) is 6.28. The highest BCUT2D eigenvalue weighted by atomic mass is 32.2. The molecular formula is C16H20S. The molecule has 0 fully saturated rings. The third-order valence-electron chi connectivity index (χ3n) is 2.36. The monoisotopic (exact) mass is 244 g/mol. The fourth-order valence-electron chi connectivity index (χ4n) is 1.42. The molecule has 17 heavy (non-hydrogen) atoms. The van der Waals surface area contributed by atoms with Crippen LogP contribution in [0.1, 0.15) is 39.0 Å². The molecule has 0 radical (unpaired) electrons. The molecule has 90 valence electrons. The molecule has 0 aromatic heterocycles. The molecule has 0 aliphatic carbocycles. The van der Waals surface area contributed by atoms with E-state index in [1.165, 1.54) is 30.6 Å². The molecule has 1 aromatic carbocycles. The molecule has 0 N–H and O–H groups in total. The highest BCUT2D eigenvalue weighted by Gasteiger charge is 1.85. The van der Waals surface area contributed by atoms with E-state index in [1.54, 1.807) is 11.8 Å². The van der Waals surface area contributed by atoms with Crippen molar-refractivity contribution in [3.8, 4) is 11.8 Å². The average Bonchev–Trinajstić information content (AvgIpc) is 2.38. The van der Waals surface area contributed by atoms with Crippen molar-refractivity contribution in [3.63, 3.8) is 0 Å². The molecule has 0 aliphatic rings. The third kappa shape index (κ3) is 7.71. The molecule has 0 heterocycles. The van der Waals surface area contributed by atoms with Crippen LogP contribution in [0.3, 0.4) is 0 Å². The molecule has 1 aromatic rings. The van der Waals surface area contributed by atoms with Crippen LogP contribution in [0.5, 0.6) is 0 Å². The minimum atomic E-state index is 1.03. The predicted molar refractivity (Wildman–Crippen MR) is 78.0 cm³/mol. The number of thioether (sulfide) groups is 1. The van der Waals surface area contributed by atoms with Gasteiger partial charge in [0, 0.05) is 11.3 Å². The van der Waals surface area contributed by atoms with Gasteiger partial charge in [-0.25, -0.2) is 0 Å². The molecule has 0 nitrogen and oxygen atoms in total. The third-order valence-corrected chi connectivity index (χ3v) is 3.17. The zero-order valence-corrected chi connectivity index (χ0v) is 11.3. The van der Waals surface area contributed by atoms with Crippen molar-refractivity contribution in [2.75, 3.05) is 0 Å². The SMILES string of the molecule is CCCCCCC#C/C=C\Sc1ccccc1. The largest absolute Gasteiger partial charge is 0.0985 e. The Balaban J connectivity index is 2.11. The van der Waals surface area contributed by atoms with Gasteiger partial charge in [-0.3, -0.25) is 0 Å². The number of hydrogen-bond acceptors (Lipinski definition) is 1. The fourth-order valence-corrected chi connectivity index (χ4v) is 2.02. The Labute approximate surface area is 110 Å². The van der Waals surface area contributed by atoms with Gasteiger partial charge in [-0.05, 0) is 30.0 Å². The maximum Gasteiger partial charge on any atom is 0.0116 e. The summed E-state index contributed by atoms with van der Waals surface area (Å²) in [7, 11) is 0. The molecule has 0 atom stereocenters. The first-order chi connectivity index (χ1) is 8.43. The van der Waals surface area contributed by atoms with E-state index in [2.05, 4.69) is 43.0 Å². The van der Waals surface area contributed by atoms with E-state index in [0.29, 0.717) is 0 Å². The second kappa shape index (κ2) is 10.1. The average molecular weight is 244 g/mol. The van der Waals surface area contributed by atoms with E-state index in [-0.39, 0.29) is 0 Å². The molecular weight excluding hydrogens is 224 g/mol. The summed E-state index contributed by atoms with van der Waals surface area (Å²) in [5, 5.41) is 2.05. The van der Waals surface area contributed by atoms with Gasteiger partial charge in [-0.1, -0.05) is 68.0 Å². The fraction of sp³-hybridized carbons (Fsp3) is 0.375. The number of benzene rings is 1. The maximum absolute atomic E-state index is 3.18. The lowest BCUT2D eigenvalue weighted by molar-refractivity contribution is 0.679. The Hall–Kier alpha value is -1.13. The number of unbranched alkanes of at least 4 members (excludes halogenated alkanes) is 4. The normalized spacial score (nSPS) is 10.2. The van der Waals surface area contributed by atoms with Gasteiger partial charge >= 0.3 is 0 Å². The molecule has 0 amide bonds. The summed E-state index contributed by atoms with van der Waals surface area (Å²) in [6.07, 6.45) is 8.15. The summed E-state index contributed by atoms with van der Waals surface area (Å²) in [4.78, 5) is 1.26. The second-order valence-electron chi connectivity index (χ2n) is 3.87. The number of rotatable bonds is 6. The van der Waals surface area contributed by atoms with Crippen molar-refractivity contribution in [2.45, 2.75) is 43.9 Å². The van der Waals surface area contributed by atoms with Crippen molar-refractivity contribution in [3.05, 3.63) is 41.8 Å². The van der Waals surface area contributed by atoms with Gasteiger partial charge in [-0.2, -0.15) is 0 Å². The van der Waals surface area contributed by atoms with E-state index in [1.807, 2.05) is 17.6 Å². The quantitative estimate of drug-likeness (QED) is 0.373. The molecule has 0 spiro atoms. The van der Waals surface area contributed by atoms with Crippen molar-refractivity contribution >= 4 is 11.8 Å². The van der Waals surface area contributed by atoms with Crippen LogP contribution in [0.25, 0.3) is 0 Å². The van der Waals surface area contributed by atoms with Crippen molar-refractivity contribution < 1.29 is 0 Å². The summed E-state index contributed by atoms with van der Waals surface area (Å²) < 4.78 is 0. The van der Waals surface area contributed by atoms with Crippen molar-refractivity contribution in [2.24, 2.45) is 0 Å². The van der Waals surface area contributed by atoms with Crippen LogP contribution >= 0.6 is 11.8 Å². The Morgan fingerprint density at radius 2 is 1.94 bits per heavy atom. The van der Waals surface area contributed by atoms with Crippen LogP contribution in [0.2, 0.25) is 0 Å². The lowest BCUT2D eigenvalue weighted by atomic mass is 10.2. The molecule has 1 heteroatoms. The maximum atomic E-state index is 3.18. The predicted octanol–water partition coefficient (Wildman–Crippen LogP) is 5.27. The van der Waals surface area contributed by atoms with Crippen LogP contribution in [0, 0.1) is 11.8 Å². The van der Waals surface area contributed by atoms with Crippen LogP contribution in [-0.2, 0) is 0 Å². The Bertz CT molecular complexity index is 368. The summed E-state index contributed by atoms with van der Waals surface area (Å²) in [5.74, 6) is 6.26. The van der Waals surface area contributed by atoms with Crippen LogP contribution in [0.4, 0.5) is 0 Å². The van der Waals surface area contributed by atoms with Crippen molar-refractivity contribution in [1.82, 2.24) is 0 Å². The number of hydrogen-bond donors (Lipinski definition) is 0. The van der Waals surface area contributed by atoms with Crippen LogP contribution < -0.4 is 0 Å². The standard InChI is InChI=1S/C16H20S/c1-2-3-4-5-6-7-8-12-15-17-16-13-10-9-11-14-16/h9-15H,2-6H2,1H3/b15-12-. The molecule has 0 aliphatic heterocycles. The van der Waals surface area contributed by atoms with Gasteiger partial charge < -0.3 is 0 Å². The highest BCUT2D eigenvalue weighted by molar-refractivity contribution is 8.02. The lowest BCUT2D eigenvalue weighted by Gasteiger charge is -1.92. The van der Waals surface area contributed by atoms with E-state index in [0.717, 1.165) is 6.42 Å². The Kier molecular flexibility index (Phi) is 8.24. The summed E-state index contributed by atoms with van der Waals surface area (Å²) in [6, 6.07) is 10.3. The number of allylic oxidation sites excluding steroid dienone is 1. The molecule has 0 bridgehead atoms. The highest BCUT2D eigenvalue weighted by Crippen LogP contribution is 2.17. The first kappa shape index (κ1) is 13.9. The zero-order chi connectivity index (χ0) is 12.2. The van der Waals surface area contributed by atoms with E-state index < -0.39 is 0 Å². The zero-order valence-electron chi connectivity index (χ0n) is 10.5. The smallest absolute Gasteiger partial charge is 0.0116 e. The van der Waals surface area contributed by atoms with E-state index in [4.69, 9.17) is 0 Å². The van der Waals surface area contributed by atoms with Crippen molar-refractivity contribution in [1.29, 1.82) is 0 Å². The minimum Gasteiger partial charge on any atom is -0.0985 e. The Morgan fingerprint density at radius 3 is 2.71 bits per heavy atom. The first-order valence-corrected chi connectivity index (χ1v) is 7.16. The van der Waals surface area contributed by atoms with Crippen LogP contribution in [0.15, 0.2) is 46.7 Å². The molecule has 0 saturated heterocycles. The van der Waals surface area contributed by atoms with E-state index >= 15 is 0 Å². The van der Waals surface area contributed by atoms with Gasteiger partial charge in [0.2, 0.25) is 0 Å². The molecule has 0 unspecified atom stereocenters. The van der Waals surface area contributed by atoms with Gasteiger partial charge in [0.05, 0.1) is 0 Å². The molecule has 0 saturated carbocycles. The van der Waals surface area contributed by atoms with Crippen LogP contribution in [-0.4, -0.2) is 0 Å². The topological polar surface area (TPSA) is 0 Å². The Morgan fingerprint density at radius 1 is 1.12 bits per heavy atom. The van der Waals surface area contributed by atoms with Gasteiger partial charge in [0.25, 0.3) is 0 Å². The lowest BCUT2D eigenvalue weighted by Crippen LogP contribution is -1.73. The summed E-state index contributed by atoms with van der Waals surface area (Å²) >= 11 is 1.71. The second-order valence-corrected chi connectivity index (χ2v) is 4.84. The minimum absolute atomic E-state index is 1.03. The van der Waals surface area contributed by atoms with E-state index in [9.17, 15) is 0 Å².